The number of alkyl halides is 3. The molecule has 0 aromatic rings. The Balaban J connectivity index is 4.42. The van der Waals surface area contributed by atoms with Crippen LogP contribution in [0.4, 0.5) is 13.2 Å². The largest absolute Gasteiger partial charge is 0.481 e. The van der Waals surface area contributed by atoms with Crippen molar-refractivity contribution in [1.82, 2.24) is 0 Å². The summed E-state index contributed by atoms with van der Waals surface area (Å²) < 4.78 is 36.0. The molecule has 0 saturated heterocycles. The molecule has 13 heavy (non-hydrogen) atoms. The molecular weight excluding hydrogens is 189 g/mol. The number of aliphatic carboxylic acids is 1. The van der Waals surface area contributed by atoms with E-state index in [1.807, 2.05) is 0 Å². The fourth-order valence-corrected chi connectivity index (χ4v) is 0.914. The Kier molecular flexibility index (Phi) is 3.90. The van der Waals surface area contributed by atoms with Crippen molar-refractivity contribution in [2.45, 2.75) is 25.9 Å². The lowest BCUT2D eigenvalue weighted by Gasteiger charge is -2.15. The van der Waals surface area contributed by atoms with E-state index in [1.165, 1.54) is 6.92 Å². The molecule has 0 heterocycles. The number of halogens is 3. The molecule has 0 aliphatic heterocycles. The summed E-state index contributed by atoms with van der Waals surface area (Å²) in [6, 6.07) is 0. The normalized spacial score (nSPS) is 13.8. The average molecular weight is 198 g/mol. The summed E-state index contributed by atoms with van der Waals surface area (Å²) in [5, 5.41) is 8.11. The summed E-state index contributed by atoms with van der Waals surface area (Å²) >= 11 is 0. The minimum absolute atomic E-state index is 0.421. The Morgan fingerprint density at radius 2 is 1.85 bits per heavy atom. The molecule has 6 heteroatoms. The summed E-state index contributed by atoms with van der Waals surface area (Å²) in [6.45, 7) is 1.19. The van der Waals surface area contributed by atoms with Crippen molar-refractivity contribution in [1.29, 1.82) is 0 Å². The molecule has 1 atom stereocenters. The average Bonchev–Trinajstić information content (AvgIpc) is 1.82. The Morgan fingerprint density at radius 3 is 2.08 bits per heavy atom. The van der Waals surface area contributed by atoms with Gasteiger partial charge in [0.15, 0.2) is 5.78 Å². The molecule has 0 aromatic heterocycles. The van der Waals surface area contributed by atoms with Gasteiger partial charge in [-0.3, -0.25) is 9.59 Å². The van der Waals surface area contributed by atoms with Gasteiger partial charge in [0, 0.05) is 0 Å². The highest BCUT2D eigenvalue weighted by atomic mass is 19.4. The molecule has 1 N–H and O–H groups in total. The van der Waals surface area contributed by atoms with Gasteiger partial charge in [0.2, 0.25) is 0 Å². The highest BCUT2D eigenvalue weighted by Crippen LogP contribution is 2.30. The molecule has 0 amide bonds. The van der Waals surface area contributed by atoms with Gasteiger partial charge in [-0.15, -0.1) is 0 Å². The lowest BCUT2D eigenvalue weighted by atomic mass is 9.98. The Morgan fingerprint density at radius 1 is 1.38 bits per heavy atom. The number of Topliss-reactive ketones (excluding diaryl/α,β-unsaturated/α-hetero) is 1. The third kappa shape index (κ3) is 3.91. The van der Waals surface area contributed by atoms with Crippen molar-refractivity contribution < 1.29 is 27.9 Å². The van der Waals surface area contributed by atoms with E-state index in [4.69, 9.17) is 5.11 Å². The Labute approximate surface area is 72.5 Å². The zero-order chi connectivity index (χ0) is 10.6. The number of carbonyl (C=O) groups is 2. The van der Waals surface area contributed by atoms with Crippen molar-refractivity contribution in [3.8, 4) is 0 Å². The fourth-order valence-electron chi connectivity index (χ4n) is 0.914. The van der Waals surface area contributed by atoms with E-state index in [0.717, 1.165) is 0 Å². The summed E-state index contributed by atoms with van der Waals surface area (Å²) in [5.74, 6) is -4.97. The van der Waals surface area contributed by atoms with Crippen LogP contribution < -0.4 is 0 Å². The Bertz CT molecular complexity index is 210. The fraction of sp³-hybridized carbons (Fsp3) is 0.714. The summed E-state index contributed by atoms with van der Waals surface area (Å²) in [5.41, 5.74) is 0. The zero-order valence-electron chi connectivity index (χ0n) is 6.89. The summed E-state index contributed by atoms with van der Waals surface area (Å²) in [7, 11) is 0. The van der Waals surface area contributed by atoms with Gasteiger partial charge in [-0.25, -0.2) is 0 Å². The first-order chi connectivity index (χ1) is 5.79. The van der Waals surface area contributed by atoms with Crippen molar-refractivity contribution in [3.63, 3.8) is 0 Å². The first kappa shape index (κ1) is 11.9. The van der Waals surface area contributed by atoms with Gasteiger partial charge in [0.1, 0.15) is 12.3 Å². The van der Waals surface area contributed by atoms with Crippen LogP contribution in [-0.2, 0) is 9.59 Å². The molecule has 1 unspecified atom stereocenters. The second-order valence-corrected chi connectivity index (χ2v) is 2.54. The number of hydrogen-bond donors (Lipinski definition) is 1. The highest BCUT2D eigenvalue weighted by Gasteiger charge is 2.43. The van der Waals surface area contributed by atoms with Gasteiger partial charge in [0.05, 0.1) is 0 Å². The van der Waals surface area contributed by atoms with Gasteiger partial charge in [0.25, 0.3) is 0 Å². The number of ketones is 1. The maximum Gasteiger partial charge on any atom is 0.398 e. The smallest absolute Gasteiger partial charge is 0.398 e. The zero-order valence-corrected chi connectivity index (χ0v) is 6.89. The van der Waals surface area contributed by atoms with Crippen LogP contribution in [0.25, 0.3) is 0 Å². The van der Waals surface area contributed by atoms with Gasteiger partial charge in [-0.2, -0.15) is 13.2 Å². The number of carboxylic acid groups (broad SMARTS) is 1. The standard InChI is InChI=1S/C7H9F3O3/c1-2-4(7(8,9)10)5(11)3-6(12)13/h4H,2-3H2,1H3,(H,12,13). The molecule has 0 aliphatic carbocycles. The lowest BCUT2D eigenvalue weighted by molar-refractivity contribution is -0.182. The van der Waals surface area contributed by atoms with Crippen LogP contribution in [-0.4, -0.2) is 23.0 Å². The Hall–Kier alpha value is -1.07. The van der Waals surface area contributed by atoms with E-state index in [-0.39, 0.29) is 0 Å². The third-order valence-electron chi connectivity index (χ3n) is 1.52. The quantitative estimate of drug-likeness (QED) is 0.698. The lowest BCUT2D eigenvalue weighted by Crippen LogP contribution is -2.31. The van der Waals surface area contributed by atoms with E-state index >= 15 is 0 Å². The van der Waals surface area contributed by atoms with Gasteiger partial charge in [-0.1, -0.05) is 6.92 Å². The molecule has 76 valence electrons. The molecule has 0 bridgehead atoms. The van der Waals surface area contributed by atoms with Crippen LogP contribution in [0.15, 0.2) is 0 Å². The minimum atomic E-state index is -4.64. The van der Waals surface area contributed by atoms with E-state index < -0.39 is 36.7 Å². The van der Waals surface area contributed by atoms with Crippen molar-refractivity contribution in [2.24, 2.45) is 5.92 Å². The minimum Gasteiger partial charge on any atom is -0.481 e. The SMILES string of the molecule is CCC(C(=O)CC(=O)O)C(F)(F)F. The molecule has 0 spiro atoms. The van der Waals surface area contributed by atoms with Gasteiger partial charge < -0.3 is 5.11 Å². The second kappa shape index (κ2) is 4.25. The van der Waals surface area contributed by atoms with E-state index in [1.54, 1.807) is 0 Å². The van der Waals surface area contributed by atoms with Gasteiger partial charge in [-0.05, 0) is 6.42 Å². The highest BCUT2D eigenvalue weighted by molar-refractivity contribution is 5.96. The maximum atomic E-state index is 12.0. The maximum absolute atomic E-state index is 12.0. The third-order valence-corrected chi connectivity index (χ3v) is 1.52. The molecule has 0 aliphatic rings. The number of hydrogen-bond acceptors (Lipinski definition) is 2. The van der Waals surface area contributed by atoms with Crippen LogP contribution in [0, 0.1) is 5.92 Å². The monoisotopic (exact) mass is 198 g/mol. The van der Waals surface area contributed by atoms with E-state index in [0.29, 0.717) is 0 Å². The molecule has 0 fully saturated rings. The summed E-state index contributed by atoms with van der Waals surface area (Å²) in [6.07, 6.45) is -6.13. The second-order valence-electron chi connectivity index (χ2n) is 2.54. The molecule has 0 rings (SSSR count). The molecular formula is C7H9F3O3. The summed E-state index contributed by atoms with van der Waals surface area (Å²) in [4.78, 5) is 20.7. The van der Waals surface area contributed by atoms with E-state index in [9.17, 15) is 22.8 Å². The predicted octanol–water partition coefficient (Wildman–Crippen LogP) is 1.62. The van der Waals surface area contributed by atoms with Crippen LogP contribution in [0.3, 0.4) is 0 Å². The van der Waals surface area contributed by atoms with Crippen LogP contribution in [0.5, 0.6) is 0 Å². The predicted molar refractivity (Wildman–Crippen MR) is 37.1 cm³/mol. The molecule has 3 nitrogen and oxygen atoms in total. The number of rotatable bonds is 4. The van der Waals surface area contributed by atoms with Crippen molar-refractivity contribution in [3.05, 3.63) is 0 Å². The topological polar surface area (TPSA) is 54.4 Å². The first-order valence-corrected chi connectivity index (χ1v) is 3.60. The van der Waals surface area contributed by atoms with Crippen LogP contribution in [0.1, 0.15) is 19.8 Å². The molecule has 0 radical (unpaired) electrons. The van der Waals surface area contributed by atoms with E-state index in [2.05, 4.69) is 0 Å². The van der Waals surface area contributed by atoms with Gasteiger partial charge >= 0.3 is 12.1 Å². The van der Waals surface area contributed by atoms with Crippen LogP contribution in [0.2, 0.25) is 0 Å². The first-order valence-electron chi connectivity index (χ1n) is 3.60. The number of carboxylic acids is 1. The molecule has 0 saturated carbocycles. The molecule has 0 aromatic carbocycles. The van der Waals surface area contributed by atoms with Crippen molar-refractivity contribution >= 4 is 11.8 Å². The number of carbonyl (C=O) groups excluding carboxylic acids is 1. The van der Waals surface area contributed by atoms with Crippen LogP contribution >= 0.6 is 0 Å². The van der Waals surface area contributed by atoms with Crippen molar-refractivity contribution in [2.75, 3.05) is 0 Å².